The van der Waals surface area contributed by atoms with Crippen LogP contribution < -0.4 is 11.5 Å². The van der Waals surface area contributed by atoms with Crippen LogP contribution in [0.2, 0.25) is 0 Å². The van der Waals surface area contributed by atoms with Gasteiger partial charge in [0.05, 0.1) is 5.56 Å². The van der Waals surface area contributed by atoms with Crippen molar-refractivity contribution in [1.82, 2.24) is 4.98 Å². The third kappa shape index (κ3) is 2.76. The van der Waals surface area contributed by atoms with E-state index in [0.29, 0.717) is 17.8 Å². The monoisotopic (exact) mass is 207 g/mol. The number of nitrogens with zero attached hydrogens (tertiary/aromatic N) is 1. The number of pyridine rings is 1. The molecule has 1 unspecified atom stereocenters. The van der Waals surface area contributed by atoms with Crippen molar-refractivity contribution in [2.24, 2.45) is 5.73 Å². The van der Waals surface area contributed by atoms with Crippen molar-refractivity contribution >= 4 is 11.6 Å². The number of Topliss-reactive ketones (excluding diaryl/α,β-unsaturated/α-hetero) is 1. The zero-order chi connectivity index (χ0) is 11.4. The first-order valence-corrected chi connectivity index (χ1v) is 5.06. The standard InChI is InChI=1S/C11H17N3O/c1-3-8(12)6-9(15)10-7(2)4-5-14-11(10)13/h4-5,8H,3,6,12H2,1-2H3,(H2,13,14). The quantitative estimate of drug-likeness (QED) is 0.729. The fourth-order valence-electron chi connectivity index (χ4n) is 1.43. The van der Waals surface area contributed by atoms with Gasteiger partial charge in [0.2, 0.25) is 0 Å². The molecule has 82 valence electrons. The number of aryl methyl sites for hydroxylation is 1. The average Bonchev–Trinajstić information content (AvgIpc) is 2.17. The molecule has 1 aromatic rings. The number of ketones is 1. The molecule has 0 aliphatic heterocycles. The Morgan fingerprint density at radius 2 is 2.27 bits per heavy atom. The second kappa shape index (κ2) is 4.89. The van der Waals surface area contributed by atoms with E-state index in [0.717, 1.165) is 12.0 Å². The molecule has 15 heavy (non-hydrogen) atoms. The lowest BCUT2D eigenvalue weighted by molar-refractivity contribution is 0.0974. The summed E-state index contributed by atoms with van der Waals surface area (Å²) in [5.41, 5.74) is 12.8. The zero-order valence-electron chi connectivity index (χ0n) is 9.16. The highest BCUT2D eigenvalue weighted by molar-refractivity contribution is 6.01. The van der Waals surface area contributed by atoms with Crippen molar-refractivity contribution in [3.63, 3.8) is 0 Å². The van der Waals surface area contributed by atoms with Crippen LogP contribution in [0.15, 0.2) is 12.3 Å². The molecule has 4 heteroatoms. The van der Waals surface area contributed by atoms with Crippen LogP contribution in [-0.2, 0) is 0 Å². The predicted octanol–water partition coefficient (Wildman–Crippen LogP) is 1.28. The normalized spacial score (nSPS) is 12.5. The second-order valence-electron chi connectivity index (χ2n) is 3.68. The van der Waals surface area contributed by atoms with E-state index in [2.05, 4.69) is 4.98 Å². The second-order valence-corrected chi connectivity index (χ2v) is 3.68. The first kappa shape index (κ1) is 11.7. The Balaban J connectivity index is 2.91. The first-order chi connectivity index (χ1) is 7.06. The van der Waals surface area contributed by atoms with E-state index in [9.17, 15) is 4.79 Å². The maximum Gasteiger partial charge on any atom is 0.168 e. The van der Waals surface area contributed by atoms with Gasteiger partial charge in [-0.1, -0.05) is 6.92 Å². The maximum atomic E-state index is 11.9. The predicted molar refractivity (Wildman–Crippen MR) is 60.6 cm³/mol. The SMILES string of the molecule is CCC(N)CC(=O)c1c(C)ccnc1N. The molecule has 0 saturated heterocycles. The number of nitrogens with two attached hydrogens (primary N) is 2. The number of carbonyl (C=O) groups is 1. The Kier molecular flexibility index (Phi) is 3.80. The van der Waals surface area contributed by atoms with Gasteiger partial charge in [-0.05, 0) is 25.0 Å². The lowest BCUT2D eigenvalue weighted by atomic mass is 10.00. The van der Waals surface area contributed by atoms with Crippen LogP contribution in [0.1, 0.15) is 35.7 Å². The molecule has 0 bridgehead atoms. The van der Waals surface area contributed by atoms with E-state index in [4.69, 9.17) is 11.5 Å². The van der Waals surface area contributed by atoms with Crippen molar-refractivity contribution in [1.29, 1.82) is 0 Å². The van der Waals surface area contributed by atoms with Crippen molar-refractivity contribution < 1.29 is 4.79 Å². The molecule has 0 amide bonds. The van der Waals surface area contributed by atoms with Crippen LogP contribution in [0.4, 0.5) is 5.82 Å². The maximum absolute atomic E-state index is 11.9. The first-order valence-electron chi connectivity index (χ1n) is 5.06. The number of hydrogen-bond acceptors (Lipinski definition) is 4. The van der Waals surface area contributed by atoms with Gasteiger partial charge in [0.25, 0.3) is 0 Å². The topological polar surface area (TPSA) is 82.0 Å². The minimum Gasteiger partial charge on any atom is -0.383 e. The van der Waals surface area contributed by atoms with Gasteiger partial charge in [-0.2, -0.15) is 0 Å². The van der Waals surface area contributed by atoms with Gasteiger partial charge >= 0.3 is 0 Å². The fourth-order valence-corrected chi connectivity index (χ4v) is 1.43. The average molecular weight is 207 g/mol. The molecule has 0 spiro atoms. The molecule has 0 aliphatic carbocycles. The van der Waals surface area contributed by atoms with Gasteiger partial charge in [-0.15, -0.1) is 0 Å². The van der Waals surface area contributed by atoms with Crippen LogP contribution in [0.25, 0.3) is 0 Å². The number of rotatable bonds is 4. The van der Waals surface area contributed by atoms with E-state index in [1.54, 1.807) is 12.3 Å². The van der Waals surface area contributed by atoms with Gasteiger partial charge in [0.15, 0.2) is 5.78 Å². The molecule has 1 atom stereocenters. The Morgan fingerprint density at radius 3 is 2.80 bits per heavy atom. The fraction of sp³-hybridized carbons (Fsp3) is 0.455. The summed E-state index contributed by atoms with van der Waals surface area (Å²) in [7, 11) is 0. The van der Waals surface area contributed by atoms with Crippen LogP contribution in [-0.4, -0.2) is 16.8 Å². The van der Waals surface area contributed by atoms with Crippen molar-refractivity contribution in [2.45, 2.75) is 32.7 Å². The minimum absolute atomic E-state index is 0.0209. The van der Waals surface area contributed by atoms with Crippen molar-refractivity contribution in [3.05, 3.63) is 23.4 Å². The van der Waals surface area contributed by atoms with E-state index in [-0.39, 0.29) is 11.8 Å². The van der Waals surface area contributed by atoms with Gasteiger partial charge in [0.1, 0.15) is 5.82 Å². The van der Waals surface area contributed by atoms with Crippen molar-refractivity contribution in [2.75, 3.05) is 5.73 Å². The molecule has 0 radical (unpaired) electrons. The van der Waals surface area contributed by atoms with Gasteiger partial charge < -0.3 is 11.5 Å². The highest BCUT2D eigenvalue weighted by Gasteiger charge is 2.15. The summed E-state index contributed by atoms with van der Waals surface area (Å²) in [6.45, 7) is 3.81. The number of aromatic nitrogens is 1. The zero-order valence-corrected chi connectivity index (χ0v) is 9.16. The summed E-state index contributed by atoms with van der Waals surface area (Å²) in [4.78, 5) is 15.8. The molecule has 0 aromatic carbocycles. The number of anilines is 1. The summed E-state index contributed by atoms with van der Waals surface area (Å²) in [5, 5.41) is 0. The van der Waals surface area contributed by atoms with E-state index in [1.165, 1.54) is 0 Å². The molecular weight excluding hydrogens is 190 g/mol. The molecule has 0 aliphatic rings. The highest BCUT2D eigenvalue weighted by atomic mass is 16.1. The van der Waals surface area contributed by atoms with Gasteiger partial charge in [0, 0.05) is 18.7 Å². The molecular formula is C11H17N3O. The molecule has 1 rings (SSSR count). The minimum atomic E-state index is -0.100. The molecule has 1 aromatic heterocycles. The molecule has 4 N–H and O–H groups in total. The summed E-state index contributed by atoms with van der Waals surface area (Å²) >= 11 is 0. The Morgan fingerprint density at radius 1 is 1.60 bits per heavy atom. The molecule has 0 saturated carbocycles. The summed E-state index contributed by atoms with van der Waals surface area (Å²) in [6.07, 6.45) is 2.71. The third-order valence-electron chi connectivity index (χ3n) is 2.44. The summed E-state index contributed by atoms with van der Waals surface area (Å²) in [5.74, 6) is 0.274. The summed E-state index contributed by atoms with van der Waals surface area (Å²) < 4.78 is 0. The summed E-state index contributed by atoms with van der Waals surface area (Å²) in [6, 6.07) is 1.68. The molecule has 0 fully saturated rings. The van der Waals surface area contributed by atoms with Gasteiger partial charge in [-0.3, -0.25) is 4.79 Å². The van der Waals surface area contributed by atoms with Crippen molar-refractivity contribution in [3.8, 4) is 0 Å². The lowest BCUT2D eigenvalue weighted by Crippen LogP contribution is -2.23. The number of carbonyl (C=O) groups excluding carboxylic acids is 1. The highest BCUT2D eigenvalue weighted by Crippen LogP contribution is 2.16. The largest absolute Gasteiger partial charge is 0.383 e. The van der Waals surface area contributed by atoms with E-state index in [1.807, 2.05) is 13.8 Å². The Labute approximate surface area is 89.7 Å². The van der Waals surface area contributed by atoms with Gasteiger partial charge in [-0.25, -0.2) is 4.98 Å². The van der Waals surface area contributed by atoms with Crippen LogP contribution >= 0.6 is 0 Å². The van der Waals surface area contributed by atoms with E-state index < -0.39 is 0 Å². The Bertz CT molecular complexity index is 343. The van der Waals surface area contributed by atoms with E-state index >= 15 is 0 Å². The third-order valence-corrected chi connectivity index (χ3v) is 2.44. The molecule has 1 heterocycles. The Hall–Kier alpha value is -1.42. The number of nitrogen functional groups attached to an aromatic ring is 1. The number of hydrogen-bond donors (Lipinski definition) is 2. The molecule has 4 nitrogen and oxygen atoms in total. The smallest absolute Gasteiger partial charge is 0.168 e. The van der Waals surface area contributed by atoms with Crippen LogP contribution in [0.3, 0.4) is 0 Å². The lowest BCUT2D eigenvalue weighted by Gasteiger charge is -2.10. The van der Waals surface area contributed by atoms with Crippen LogP contribution in [0, 0.1) is 6.92 Å². The van der Waals surface area contributed by atoms with Crippen LogP contribution in [0.5, 0.6) is 0 Å².